The molecule has 12 heteroatoms. The first kappa shape index (κ1) is 31.0. The first-order valence-electron chi connectivity index (χ1n) is 15.4. The summed E-state index contributed by atoms with van der Waals surface area (Å²) in [7, 11) is 1.60. The number of pyridine rings is 1. The lowest BCUT2D eigenvalue weighted by molar-refractivity contribution is -0.149. The minimum atomic E-state index is -0.996. The SMILES string of the molecule is COC1=C(NC[C@H](NC(=O)OCc2ccccc2)C(=O)OC(C)C)NCN=C1N1CCC(c2ccc3c(n2)NCCC3)CC1. The molecule has 4 heterocycles. The van der Waals surface area contributed by atoms with E-state index in [4.69, 9.17) is 24.2 Å². The first-order chi connectivity index (χ1) is 21.4. The van der Waals surface area contributed by atoms with Gasteiger partial charge >= 0.3 is 12.1 Å². The Kier molecular flexibility index (Phi) is 10.4. The maximum absolute atomic E-state index is 12.9. The van der Waals surface area contributed by atoms with Gasteiger partial charge in [-0.05, 0) is 56.7 Å². The summed E-state index contributed by atoms with van der Waals surface area (Å²) in [4.78, 5) is 37.4. The Morgan fingerprint density at radius 2 is 1.89 bits per heavy atom. The van der Waals surface area contributed by atoms with Crippen molar-refractivity contribution in [1.29, 1.82) is 0 Å². The fourth-order valence-corrected chi connectivity index (χ4v) is 5.61. The van der Waals surface area contributed by atoms with Crippen molar-refractivity contribution >= 4 is 23.7 Å². The molecule has 0 saturated carbocycles. The van der Waals surface area contributed by atoms with E-state index in [1.54, 1.807) is 21.0 Å². The van der Waals surface area contributed by atoms with Gasteiger partial charge in [-0.25, -0.2) is 19.6 Å². The van der Waals surface area contributed by atoms with Crippen molar-refractivity contribution < 1.29 is 23.8 Å². The normalized spacial score (nSPS) is 17.5. The summed E-state index contributed by atoms with van der Waals surface area (Å²) in [5.41, 5.74) is 3.29. The van der Waals surface area contributed by atoms with Crippen LogP contribution in [0.25, 0.3) is 0 Å². The average molecular weight is 606 g/mol. The number of aliphatic imine (C=N–C) groups is 1. The highest BCUT2D eigenvalue weighted by Crippen LogP contribution is 2.31. The number of likely N-dealkylation sites (tertiary alicyclic amines) is 1. The van der Waals surface area contributed by atoms with Crippen LogP contribution in [-0.2, 0) is 32.0 Å². The van der Waals surface area contributed by atoms with Gasteiger partial charge in [0.25, 0.3) is 0 Å². The second-order valence-corrected chi connectivity index (χ2v) is 11.4. The number of aryl methyl sites for hydroxylation is 1. The minimum Gasteiger partial charge on any atom is -0.490 e. The lowest BCUT2D eigenvalue weighted by Crippen LogP contribution is -2.51. The van der Waals surface area contributed by atoms with Crippen LogP contribution in [0, 0.1) is 0 Å². The second kappa shape index (κ2) is 14.8. The molecule has 1 aromatic carbocycles. The summed E-state index contributed by atoms with van der Waals surface area (Å²) in [6, 6.07) is 12.7. The molecule has 0 spiro atoms. The van der Waals surface area contributed by atoms with Crippen molar-refractivity contribution in [2.45, 2.75) is 64.2 Å². The van der Waals surface area contributed by atoms with Crippen LogP contribution in [-0.4, -0.2) is 79.9 Å². The van der Waals surface area contributed by atoms with Crippen LogP contribution < -0.4 is 21.3 Å². The molecule has 44 heavy (non-hydrogen) atoms. The maximum atomic E-state index is 12.9. The highest BCUT2D eigenvalue weighted by molar-refractivity contribution is 5.97. The molecule has 0 aliphatic carbocycles. The molecule has 1 aromatic heterocycles. The number of aromatic nitrogens is 1. The Bertz CT molecular complexity index is 1360. The Balaban J connectivity index is 1.20. The third-order valence-corrected chi connectivity index (χ3v) is 7.87. The van der Waals surface area contributed by atoms with Crippen LogP contribution in [0.3, 0.4) is 0 Å². The molecule has 0 unspecified atom stereocenters. The Morgan fingerprint density at radius 1 is 1.09 bits per heavy atom. The van der Waals surface area contributed by atoms with E-state index in [9.17, 15) is 9.59 Å². The molecule has 0 radical (unpaired) electrons. The highest BCUT2D eigenvalue weighted by Gasteiger charge is 2.31. The van der Waals surface area contributed by atoms with Crippen molar-refractivity contribution in [1.82, 2.24) is 25.8 Å². The van der Waals surface area contributed by atoms with E-state index in [-0.39, 0.29) is 19.3 Å². The molecule has 4 N–H and O–H groups in total. The molecule has 1 fully saturated rings. The summed E-state index contributed by atoms with van der Waals surface area (Å²) in [5.74, 6) is 2.74. The van der Waals surface area contributed by atoms with E-state index >= 15 is 0 Å². The summed E-state index contributed by atoms with van der Waals surface area (Å²) in [5, 5.41) is 12.5. The number of nitrogens with zero attached hydrogens (tertiary/aromatic N) is 3. The van der Waals surface area contributed by atoms with Crippen LogP contribution in [0.5, 0.6) is 0 Å². The van der Waals surface area contributed by atoms with Crippen LogP contribution >= 0.6 is 0 Å². The van der Waals surface area contributed by atoms with Gasteiger partial charge in [-0.1, -0.05) is 36.4 Å². The van der Waals surface area contributed by atoms with Gasteiger partial charge in [0.1, 0.15) is 31.0 Å². The van der Waals surface area contributed by atoms with Gasteiger partial charge in [0, 0.05) is 37.8 Å². The number of rotatable bonds is 10. The molecular formula is C32H43N7O5. The Morgan fingerprint density at radius 3 is 2.64 bits per heavy atom. The number of methoxy groups -OCH3 is 1. The molecule has 12 nitrogen and oxygen atoms in total. The van der Waals surface area contributed by atoms with E-state index < -0.39 is 18.1 Å². The number of benzene rings is 1. The second-order valence-electron chi connectivity index (χ2n) is 11.4. The molecular weight excluding hydrogens is 562 g/mol. The lowest BCUT2D eigenvalue weighted by atomic mass is 9.92. The third-order valence-electron chi connectivity index (χ3n) is 7.87. The number of amides is 1. The predicted molar refractivity (Wildman–Crippen MR) is 167 cm³/mol. The van der Waals surface area contributed by atoms with E-state index in [1.807, 2.05) is 30.3 Å². The largest absolute Gasteiger partial charge is 0.490 e. The predicted octanol–water partition coefficient (Wildman–Crippen LogP) is 3.23. The van der Waals surface area contributed by atoms with Gasteiger partial charge in [-0.3, -0.25) is 0 Å². The monoisotopic (exact) mass is 605 g/mol. The van der Waals surface area contributed by atoms with Crippen molar-refractivity contribution in [3.8, 4) is 0 Å². The van der Waals surface area contributed by atoms with Crippen molar-refractivity contribution in [3.05, 3.63) is 70.9 Å². The maximum Gasteiger partial charge on any atom is 0.408 e. The lowest BCUT2D eigenvalue weighted by Gasteiger charge is -2.36. The number of amidine groups is 1. The average Bonchev–Trinajstić information content (AvgIpc) is 3.05. The number of nitrogens with one attached hydrogen (secondary N) is 4. The molecule has 1 atom stereocenters. The number of esters is 1. The van der Waals surface area contributed by atoms with Crippen molar-refractivity contribution in [2.75, 3.05) is 45.3 Å². The quantitative estimate of drug-likeness (QED) is 0.299. The number of carbonyl (C=O) groups is 2. The summed E-state index contributed by atoms with van der Waals surface area (Å²) >= 11 is 0. The fourth-order valence-electron chi connectivity index (χ4n) is 5.61. The zero-order valence-electron chi connectivity index (χ0n) is 25.7. The number of alkyl carbamates (subject to hydrolysis) is 1. The number of hydrogen-bond donors (Lipinski definition) is 4. The molecule has 3 aliphatic rings. The molecule has 5 rings (SSSR count). The summed E-state index contributed by atoms with van der Waals surface area (Å²) < 4.78 is 16.5. The molecule has 0 bridgehead atoms. The first-order valence-corrected chi connectivity index (χ1v) is 15.4. The van der Waals surface area contributed by atoms with Crippen molar-refractivity contribution in [2.24, 2.45) is 4.99 Å². The fraction of sp³-hybridized carbons (Fsp3) is 0.500. The molecule has 1 saturated heterocycles. The zero-order chi connectivity index (χ0) is 30.9. The van der Waals surface area contributed by atoms with Gasteiger partial charge in [-0.15, -0.1) is 0 Å². The van der Waals surface area contributed by atoms with E-state index in [0.29, 0.717) is 24.2 Å². The highest BCUT2D eigenvalue weighted by atomic mass is 16.6. The van der Waals surface area contributed by atoms with Gasteiger partial charge in [0.2, 0.25) is 5.76 Å². The number of hydrogen-bond acceptors (Lipinski definition) is 11. The smallest absolute Gasteiger partial charge is 0.408 e. The Hall–Kier alpha value is -4.48. The number of ether oxygens (including phenoxy) is 3. The number of fused-ring (bicyclic) bond motifs is 1. The number of piperidine rings is 1. The van der Waals surface area contributed by atoms with Gasteiger partial charge in [0.05, 0.1) is 13.2 Å². The topological polar surface area (TPSA) is 138 Å². The number of anilines is 1. The molecule has 1 amide bonds. The third kappa shape index (κ3) is 7.91. The minimum absolute atomic E-state index is 0.0502. The molecule has 3 aliphatic heterocycles. The van der Waals surface area contributed by atoms with E-state index in [0.717, 1.165) is 68.2 Å². The van der Waals surface area contributed by atoms with Gasteiger partial charge in [-0.2, -0.15) is 0 Å². The molecule has 2 aromatic rings. The Labute approximate surface area is 258 Å². The molecule has 236 valence electrons. The van der Waals surface area contributed by atoms with Crippen LogP contribution in [0.15, 0.2) is 59.0 Å². The number of carbonyl (C=O) groups excluding carboxylic acids is 2. The van der Waals surface area contributed by atoms with E-state index in [2.05, 4.69) is 38.3 Å². The van der Waals surface area contributed by atoms with Crippen LogP contribution in [0.1, 0.15) is 55.8 Å². The van der Waals surface area contributed by atoms with Crippen LogP contribution in [0.4, 0.5) is 10.6 Å². The van der Waals surface area contributed by atoms with Gasteiger partial charge < -0.3 is 40.4 Å². The zero-order valence-corrected chi connectivity index (χ0v) is 25.7. The van der Waals surface area contributed by atoms with E-state index in [1.165, 1.54) is 5.56 Å². The standard InChI is InChI=1S/C32H43N7O5/c1-21(2)44-31(40)26(38-32(41)43-19-22-8-5-4-6-9-22)18-34-29-27(42-3)30(36-20-35-29)39-16-13-23(14-17-39)25-12-11-24-10-7-15-33-28(24)37-25/h4-6,8-9,11-12,21,23,26,34-35H,7,10,13-20H2,1-3H3,(H,33,37)(H,38,41)/t26-/m0/s1. The summed E-state index contributed by atoms with van der Waals surface area (Å²) in [6.45, 7) is 6.60. The summed E-state index contributed by atoms with van der Waals surface area (Å²) in [6.07, 6.45) is 3.08. The van der Waals surface area contributed by atoms with Gasteiger partial charge in [0.15, 0.2) is 5.84 Å². The van der Waals surface area contributed by atoms with Crippen LogP contribution in [0.2, 0.25) is 0 Å². The van der Waals surface area contributed by atoms with Crippen molar-refractivity contribution in [3.63, 3.8) is 0 Å².